The molecule has 1 rings (SSSR count). The maximum atomic E-state index is 9.00. The van der Waals surface area contributed by atoms with E-state index in [4.69, 9.17) is 5.11 Å². The molecule has 0 aromatic carbocycles. The van der Waals surface area contributed by atoms with Crippen LogP contribution in [0.2, 0.25) is 0 Å². The number of nitrogens with zero attached hydrogens (tertiary/aromatic N) is 1. The van der Waals surface area contributed by atoms with Crippen LogP contribution in [0.15, 0.2) is 0 Å². The van der Waals surface area contributed by atoms with Gasteiger partial charge >= 0.3 is 0 Å². The minimum atomic E-state index is 0.263. The summed E-state index contributed by atoms with van der Waals surface area (Å²) in [7, 11) is 2.13. The quantitative estimate of drug-likeness (QED) is 0.752. The van der Waals surface area contributed by atoms with Crippen molar-refractivity contribution in [3.63, 3.8) is 0 Å². The van der Waals surface area contributed by atoms with Gasteiger partial charge in [0, 0.05) is 12.6 Å². The highest BCUT2D eigenvalue weighted by atomic mass is 16.3. The molecule has 1 aliphatic carbocycles. The third kappa shape index (κ3) is 2.12. The van der Waals surface area contributed by atoms with Gasteiger partial charge in [0.2, 0.25) is 0 Å². The lowest BCUT2D eigenvalue weighted by atomic mass is 9.77. The van der Waals surface area contributed by atoms with Gasteiger partial charge in [0.05, 0.1) is 6.61 Å². The Labute approximate surface area is 88.3 Å². The lowest BCUT2D eigenvalue weighted by molar-refractivity contribution is 0.0570. The molecule has 1 saturated carbocycles. The summed E-state index contributed by atoms with van der Waals surface area (Å²) in [5, 5.41) is 9.00. The molecule has 0 unspecified atom stereocenters. The zero-order valence-electron chi connectivity index (χ0n) is 10.3. The van der Waals surface area contributed by atoms with Crippen LogP contribution in [0.4, 0.5) is 0 Å². The monoisotopic (exact) mass is 199 g/mol. The summed E-state index contributed by atoms with van der Waals surface area (Å²) >= 11 is 0. The van der Waals surface area contributed by atoms with Crippen molar-refractivity contribution in [2.45, 2.75) is 46.6 Å². The molecule has 14 heavy (non-hydrogen) atoms. The van der Waals surface area contributed by atoms with Gasteiger partial charge in [-0.25, -0.2) is 0 Å². The van der Waals surface area contributed by atoms with Crippen molar-refractivity contribution in [1.29, 1.82) is 0 Å². The second-order valence-electron chi connectivity index (χ2n) is 6.08. The number of likely N-dealkylation sites (N-methyl/N-ethyl adjacent to an activating group) is 1. The van der Waals surface area contributed by atoms with E-state index in [-0.39, 0.29) is 6.61 Å². The zero-order valence-corrected chi connectivity index (χ0v) is 10.3. The minimum Gasteiger partial charge on any atom is -0.395 e. The number of rotatable bonds is 3. The van der Waals surface area contributed by atoms with Crippen molar-refractivity contribution in [1.82, 2.24) is 4.90 Å². The molecule has 0 aromatic heterocycles. The van der Waals surface area contributed by atoms with Crippen molar-refractivity contribution >= 4 is 0 Å². The largest absolute Gasteiger partial charge is 0.395 e. The van der Waals surface area contributed by atoms with Crippen LogP contribution in [0.25, 0.3) is 0 Å². The van der Waals surface area contributed by atoms with Crippen LogP contribution < -0.4 is 0 Å². The molecule has 2 heteroatoms. The molecule has 0 aliphatic heterocycles. The summed E-state index contributed by atoms with van der Waals surface area (Å²) in [5.74, 6) is 0. The summed E-state index contributed by atoms with van der Waals surface area (Å²) in [6.45, 7) is 10.4. The molecule has 0 spiro atoms. The molecular weight excluding hydrogens is 174 g/mol. The second kappa shape index (κ2) is 3.82. The molecule has 0 aromatic rings. The van der Waals surface area contributed by atoms with E-state index in [0.717, 1.165) is 6.54 Å². The Morgan fingerprint density at radius 1 is 1.14 bits per heavy atom. The second-order valence-corrected chi connectivity index (χ2v) is 6.08. The van der Waals surface area contributed by atoms with Crippen LogP contribution in [-0.4, -0.2) is 36.2 Å². The summed E-state index contributed by atoms with van der Waals surface area (Å²) in [6.07, 6.45) is 2.58. The van der Waals surface area contributed by atoms with Gasteiger partial charge in [0.1, 0.15) is 0 Å². The van der Waals surface area contributed by atoms with Crippen LogP contribution in [-0.2, 0) is 0 Å². The van der Waals surface area contributed by atoms with E-state index in [1.165, 1.54) is 12.8 Å². The van der Waals surface area contributed by atoms with Crippen molar-refractivity contribution in [2.75, 3.05) is 20.2 Å². The molecule has 1 aliphatic rings. The molecule has 84 valence electrons. The topological polar surface area (TPSA) is 23.5 Å². The molecule has 0 saturated heterocycles. The Bertz CT molecular complexity index is 182. The van der Waals surface area contributed by atoms with E-state index in [9.17, 15) is 0 Å². The summed E-state index contributed by atoms with van der Waals surface area (Å²) in [4.78, 5) is 2.33. The Kier molecular flexibility index (Phi) is 3.27. The van der Waals surface area contributed by atoms with Gasteiger partial charge in [-0.2, -0.15) is 0 Å². The van der Waals surface area contributed by atoms with Crippen LogP contribution >= 0.6 is 0 Å². The molecule has 1 fully saturated rings. The average molecular weight is 199 g/mol. The van der Waals surface area contributed by atoms with Crippen molar-refractivity contribution < 1.29 is 5.11 Å². The number of aliphatic hydroxyl groups excluding tert-OH is 1. The van der Waals surface area contributed by atoms with Gasteiger partial charge in [-0.1, -0.05) is 27.7 Å². The van der Waals surface area contributed by atoms with Crippen molar-refractivity contribution in [3.05, 3.63) is 0 Å². The minimum absolute atomic E-state index is 0.263. The molecule has 0 bridgehead atoms. The highest BCUT2D eigenvalue weighted by molar-refractivity contribution is 5.01. The highest BCUT2D eigenvalue weighted by Gasteiger charge is 2.48. The summed E-state index contributed by atoms with van der Waals surface area (Å²) in [6, 6.07) is 0.585. The summed E-state index contributed by atoms with van der Waals surface area (Å²) < 4.78 is 0. The van der Waals surface area contributed by atoms with Gasteiger partial charge in [0.15, 0.2) is 0 Å². The van der Waals surface area contributed by atoms with E-state index in [1.807, 2.05) is 0 Å². The van der Waals surface area contributed by atoms with Crippen LogP contribution in [0, 0.1) is 10.8 Å². The van der Waals surface area contributed by atoms with Gasteiger partial charge in [-0.05, 0) is 30.7 Å². The van der Waals surface area contributed by atoms with Crippen LogP contribution in [0.1, 0.15) is 40.5 Å². The predicted molar refractivity (Wildman–Crippen MR) is 60.3 cm³/mol. The maximum absolute atomic E-state index is 9.00. The van der Waals surface area contributed by atoms with Crippen molar-refractivity contribution in [2.24, 2.45) is 10.8 Å². The number of hydrogen-bond acceptors (Lipinski definition) is 2. The Morgan fingerprint density at radius 2 is 1.57 bits per heavy atom. The van der Waals surface area contributed by atoms with Crippen LogP contribution in [0.5, 0.6) is 0 Å². The SMILES string of the molecule is CN(CCO)C1C(C)(C)CCC1(C)C. The van der Waals surface area contributed by atoms with E-state index in [0.29, 0.717) is 16.9 Å². The average Bonchev–Trinajstić information content (AvgIpc) is 2.21. The maximum Gasteiger partial charge on any atom is 0.0558 e. The van der Waals surface area contributed by atoms with E-state index < -0.39 is 0 Å². The zero-order chi connectivity index (χ0) is 11.0. The molecule has 0 atom stereocenters. The van der Waals surface area contributed by atoms with Crippen molar-refractivity contribution in [3.8, 4) is 0 Å². The predicted octanol–water partition coefficient (Wildman–Crippen LogP) is 2.13. The molecule has 2 nitrogen and oxygen atoms in total. The Hall–Kier alpha value is -0.0800. The fraction of sp³-hybridized carbons (Fsp3) is 1.00. The first-order valence-electron chi connectivity index (χ1n) is 5.62. The molecule has 1 N–H and O–H groups in total. The van der Waals surface area contributed by atoms with E-state index in [1.54, 1.807) is 0 Å². The normalized spacial score (nSPS) is 25.9. The fourth-order valence-corrected chi connectivity index (χ4v) is 3.46. The smallest absolute Gasteiger partial charge is 0.0558 e. The van der Waals surface area contributed by atoms with E-state index >= 15 is 0 Å². The summed E-state index contributed by atoms with van der Waals surface area (Å²) in [5.41, 5.74) is 0.765. The lowest BCUT2D eigenvalue weighted by Gasteiger charge is -2.42. The van der Waals surface area contributed by atoms with Gasteiger partial charge in [-0.3, -0.25) is 0 Å². The molecule has 0 amide bonds. The first-order chi connectivity index (χ1) is 6.31. The fourth-order valence-electron chi connectivity index (χ4n) is 3.46. The third-order valence-corrected chi connectivity index (χ3v) is 3.79. The Balaban J connectivity index is 2.80. The Morgan fingerprint density at radius 3 is 1.93 bits per heavy atom. The lowest BCUT2D eigenvalue weighted by Crippen LogP contribution is -2.47. The standard InChI is InChI=1S/C12H25NO/c1-11(2)6-7-12(3,4)10(11)13(5)8-9-14/h10,14H,6-9H2,1-5H3. The van der Waals surface area contributed by atoms with Gasteiger partial charge < -0.3 is 10.0 Å². The number of hydrogen-bond donors (Lipinski definition) is 1. The third-order valence-electron chi connectivity index (χ3n) is 3.79. The van der Waals surface area contributed by atoms with Gasteiger partial charge in [0.25, 0.3) is 0 Å². The van der Waals surface area contributed by atoms with Gasteiger partial charge in [-0.15, -0.1) is 0 Å². The van der Waals surface area contributed by atoms with E-state index in [2.05, 4.69) is 39.6 Å². The molecule has 0 radical (unpaired) electrons. The highest BCUT2D eigenvalue weighted by Crippen LogP contribution is 2.50. The first kappa shape index (κ1) is 12.0. The molecular formula is C12H25NO. The molecule has 0 heterocycles. The van der Waals surface area contributed by atoms with Crippen LogP contribution in [0.3, 0.4) is 0 Å². The number of aliphatic hydroxyl groups is 1. The first-order valence-corrected chi connectivity index (χ1v) is 5.62.